The van der Waals surface area contributed by atoms with Gasteiger partial charge in [-0.3, -0.25) is 9.48 Å². The molecule has 1 aromatic heterocycles. The molecule has 0 unspecified atom stereocenters. The van der Waals surface area contributed by atoms with Crippen LogP contribution in [0.5, 0.6) is 0 Å². The predicted molar refractivity (Wildman–Crippen MR) is 149 cm³/mol. The number of nitrogens with zero attached hydrogens (tertiary/aromatic N) is 3. The fourth-order valence-electron chi connectivity index (χ4n) is 7.02. The van der Waals surface area contributed by atoms with E-state index in [0.29, 0.717) is 66.5 Å². The van der Waals surface area contributed by atoms with Crippen molar-refractivity contribution >= 4 is 30.0 Å². The minimum atomic E-state index is -3.42. The topological polar surface area (TPSA) is 108 Å². The molecule has 9 nitrogen and oxygen atoms in total. The van der Waals surface area contributed by atoms with Gasteiger partial charge in [-0.25, -0.2) is 13.2 Å². The number of carbonyl (C=O) groups excluding carboxylic acids is 2. The van der Waals surface area contributed by atoms with E-state index in [1.54, 1.807) is 18.9 Å². The van der Waals surface area contributed by atoms with E-state index in [1.807, 2.05) is 0 Å². The van der Waals surface area contributed by atoms with Crippen molar-refractivity contribution in [3.05, 3.63) is 17.0 Å². The van der Waals surface area contributed by atoms with Gasteiger partial charge in [0, 0.05) is 31.8 Å². The van der Waals surface area contributed by atoms with Crippen molar-refractivity contribution in [1.82, 2.24) is 14.7 Å². The quantitative estimate of drug-likeness (QED) is 0.290. The molecule has 3 aliphatic rings. The van der Waals surface area contributed by atoms with Crippen molar-refractivity contribution in [2.75, 3.05) is 19.7 Å². The van der Waals surface area contributed by atoms with E-state index in [1.165, 1.54) is 4.68 Å². The molecule has 1 aliphatic heterocycles. The van der Waals surface area contributed by atoms with Gasteiger partial charge in [0.1, 0.15) is 5.69 Å². The van der Waals surface area contributed by atoms with E-state index in [0.717, 1.165) is 0 Å². The van der Waals surface area contributed by atoms with Gasteiger partial charge in [-0.2, -0.15) is 5.10 Å². The van der Waals surface area contributed by atoms with Crippen LogP contribution >= 0.6 is 0 Å². The van der Waals surface area contributed by atoms with Crippen LogP contribution in [0.2, 0.25) is 16.6 Å². The highest BCUT2D eigenvalue weighted by atomic mass is 32.2. The molecule has 38 heavy (non-hydrogen) atoms. The average Bonchev–Trinajstić information content (AvgIpc) is 3.51. The number of fused-ring (bicyclic) bond motifs is 1. The Bertz CT molecular complexity index is 1160. The molecule has 0 spiro atoms. The molecular weight excluding hydrogens is 522 g/mol. The summed E-state index contributed by atoms with van der Waals surface area (Å²) in [6, 6.07) is 0. The first-order valence-corrected chi connectivity index (χ1v) is 17.8. The Labute approximate surface area is 228 Å². The third-order valence-corrected chi connectivity index (χ3v) is 18.4. The Morgan fingerprint density at radius 2 is 1.68 bits per heavy atom. The van der Waals surface area contributed by atoms with Crippen molar-refractivity contribution in [2.24, 2.45) is 7.05 Å². The minimum absolute atomic E-state index is 0.000594. The molecule has 0 saturated heterocycles. The highest BCUT2D eigenvalue weighted by Crippen LogP contribution is 2.52. The summed E-state index contributed by atoms with van der Waals surface area (Å²) in [5.41, 5.74) is 2.49. The number of amides is 1. The largest absolute Gasteiger partial charge is 0.461 e. The molecule has 0 atom stereocenters. The van der Waals surface area contributed by atoms with Crippen molar-refractivity contribution in [3.8, 4) is 0 Å². The molecule has 4 rings (SSSR count). The van der Waals surface area contributed by atoms with E-state index < -0.39 is 34.1 Å². The lowest BCUT2D eigenvalue weighted by molar-refractivity contribution is 0.0517. The molecule has 214 valence electrons. The monoisotopic (exact) mass is 567 g/mol. The summed E-state index contributed by atoms with van der Waals surface area (Å²) in [4.78, 5) is 27.4. The van der Waals surface area contributed by atoms with Crippen LogP contribution in [-0.4, -0.2) is 79.1 Å². The van der Waals surface area contributed by atoms with Crippen molar-refractivity contribution in [1.29, 1.82) is 0 Å². The summed E-state index contributed by atoms with van der Waals surface area (Å²) in [5, 5.41) is 3.84. The number of rotatable bonds is 11. The normalized spacial score (nSPS) is 23.1. The first-order chi connectivity index (χ1) is 17.7. The Balaban J connectivity index is 1.45. The van der Waals surface area contributed by atoms with Crippen molar-refractivity contribution in [2.45, 2.75) is 113 Å². The van der Waals surface area contributed by atoms with Gasteiger partial charge in [0.15, 0.2) is 15.5 Å². The number of hydrogen-bond donors (Lipinski definition) is 0. The maximum Gasteiger partial charge on any atom is 0.359 e. The zero-order valence-electron chi connectivity index (χ0n) is 24.2. The van der Waals surface area contributed by atoms with Gasteiger partial charge in [-0.1, -0.05) is 41.5 Å². The van der Waals surface area contributed by atoms with Crippen molar-refractivity contribution in [3.63, 3.8) is 0 Å². The summed E-state index contributed by atoms with van der Waals surface area (Å²) in [6.45, 7) is 16.0. The lowest BCUT2D eigenvalue weighted by Crippen LogP contribution is -2.56. The molecule has 0 aromatic carbocycles. The molecule has 0 radical (unpaired) electrons. The van der Waals surface area contributed by atoms with Crippen LogP contribution in [0.3, 0.4) is 0 Å². The lowest BCUT2D eigenvalue weighted by atomic mass is 9.96. The van der Waals surface area contributed by atoms with E-state index in [-0.39, 0.29) is 30.9 Å². The van der Waals surface area contributed by atoms with E-state index in [2.05, 4.69) is 46.6 Å². The fraction of sp³-hybridized carbons (Fsp3) is 0.815. The molecule has 2 fully saturated rings. The second kappa shape index (κ2) is 10.4. The molecule has 1 amide bonds. The summed E-state index contributed by atoms with van der Waals surface area (Å²) in [7, 11) is -3.85. The van der Waals surface area contributed by atoms with Crippen LogP contribution < -0.4 is 0 Å². The Kier molecular flexibility index (Phi) is 7.97. The molecule has 0 N–H and O–H groups in total. The summed E-state index contributed by atoms with van der Waals surface area (Å²) in [5.74, 6) is -0.803. The number of hydrogen-bond acceptors (Lipinski definition) is 7. The molecule has 2 saturated carbocycles. The number of aromatic nitrogens is 2. The Morgan fingerprint density at radius 1 is 1.11 bits per heavy atom. The smallest absolute Gasteiger partial charge is 0.359 e. The van der Waals surface area contributed by atoms with Gasteiger partial charge in [-0.15, -0.1) is 0 Å². The molecule has 2 heterocycles. The third kappa shape index (κ3) is 4.66. The lowest BCUT2D eigenvalue weighted by Gasteiger charge is -2.48. The number of sulfone groups is 1. The maximum absolute atomic E-state index is 13.8. The molecule has 0 bridgehead atoms. The predicted octanol–water partition coefficient (Wildman–Crippen LogP) is 4.27. The zero-order valence-corrected chi connectivity index (χ0v) is 26.1. The maximum atomic E-state index is 13.8. The van der Waals surface area contributed by atoms with Gasteiger partial charge in [0.25, 0.3) is 5.91 Å². The van der Waals surface area contributed by atoms with Crippen LogP contribution in [-0.2, 0) is 32.5 Å². The van der Waals surface area contributed by atoms with E-state index in [9.17, 15) is 18.0 Å². The second-order valence-corrected chi connectivity index (χ2v) is 20.4. The minimum Gasteiger partial charge on any atom is -0.461 e. The van der Waals surface area contributed by atoms with Crippen molar-refractivity contribution < 1.29 is 27.2 Å². The summed E-state index contributed by atoms with van der Waals surface area (Å²) in [6.07, 6.45) is 2.71. The van der Waals surface area contributed by atoms with Crippen LogP contribution in [0.25, 0.3) is 0 Å². The Morgan fingerprint density at radius 3 is 2.18 bits per heavy atom. The highest BCUT2D eigenvalue weighted by molar-refractivity contribution is 7.93. The Hall–Kier alpha value is -1.72. The highest BCUT2D eigenvalue weighted by Gasteiger charge is 2.61. The van der Waals surface area contributed by atoms with Crippen LogP contribution in [0.1, 0.15) is 101 Å². The van der Waals surface area contributed by atoms with Gasteiger partial charge < -0.3 is 14.1 Å². The van der Waals surface area contributed by atoms with Crippen LogP contribution in [0.4, 0.5) is 0 Å². The van der Waals surface area contributed by atoms with Gasteiger partial charge in [-0.05, 0) is 55.7 Å². The molecule has 1 aromatic rings. The number of carbonyl (C=O) groups is 2. The van der Waals surface area contributed by atoms with Gasteiger partial charge in [0.05, 0.1) is 16.6 Å². The number of esters is 1. The van der Waals surface area contributed by atoms with E-state index in [4.69, 9.17) is 9.16 Å². The molecule has 2 aliphatic carbocycles. The second-order valence-electron chi connectivity index (χ2n) is 12.4. The summed E-state index contributed by atoms with van der Waals surface area (Å²) >= 11 is 0. The fourth-order valence-corrected chi connectivity index (χ4v) is 15.3. The standard InChI is InChI=1S/C27H45N3O6SSi/c1-9-35-26(32)23-22-10-13-30(25(31)24(22)29(8)28-23)16-27(11-12-27)37(33,34)21-14-20(15-21)36-38(17(2)3,18(4)5)19(6)7/h17-21H,9-16H2,1-8H3. The average molecular weight is 568 g/mol. The molecular formula is C27H45N3O6SSi. The number of ether oxygens (including phenoxy) is 1. The van der Waals surface area contributed by atoms with Crippen LogP contribution in [0, 0.1) is 0 Å². The number of aryl methyl sites for hydroxylation is 1. The van der Waals surface area contributed by atoms with Gasteiger partial charge >= 0.3 is 5.97 Å². The molecule has 11 heteroatoms. The van der Waals surface area contributed by atoms with Gasteiger partial charge in [0.2, 0.25) is 8.32 Å². The third-order valence-electron chi connectivity index (χ3n) is 9.19. The first-order valence-electron chi connectivity index (χ1n) is 14.1. The van der Waals surface area contributed by atoms with Crippen LogP contribution in [0.15, 0.2) is 0 Å². The summed E-state index contributed by atoms with van der Waals surface area (Å²) < 4.78 is 40.1. The van der Waals surface area contributed by atoms with E-state index >= 15 is 0 Å². The SMILES string of the molecule is CCOC(=O)c1nn(C)c2c1CCN(CC1(S(=O)(=O)C3CC(O[Si](C(C)C)(C(C)C)C(C)C)C3)CC1)C2=O. The zero-order chi connectivity index (χ0) is 28.2. The first kappa shape index (κ1) is 29.3.